The van der Waals surface area contributed by atoms with Crippen LogP contribution in [0.2, 0.25) is 0 Å². The predicted molar refractivity (Wildman–Crippen MR) is 96.0 cm³/mol. The Morgan fingerprint density at radius 2 is 1.92 bits per heavy atom. The zero-order valence-electron chi connectivity index (χ0n) is 13.3. The second-order valence-corrected chi connectivity index (χ2v) is 7.77. The fourth-order valence-corrected chi connectivity index (χ4v) is 5.67. The van der Waals surface area contributed by atoms with Crippen LogP contribution in [0.3, 0.4) is 0 Å². The third-order valence-electron chi connectivity index (χ3n) is 5.48. The summed E-state index contributed by atoms with van der Waals surface area (Å²) in [6.45, 7) is 0.703. The van der Waals surface area contributed by atoms with E-state index in [2.05, 4.69) is 18.2 Å². The SMILES string of the molecule is CN1CC[C@H]([C@@]2(O)c3ccccc3-c3c2sc2ccccc32)C1=O. The quantitative estimate of drug-likeness (QED) is 0.738. The molecule has 2 atom stereocenters. The molecule has 120 valence electrons. The third kappa shape index (κ3) is 1.57. The van der Waals surface area contributed by atoms with Crippen LogP contribution < -0.4 is 0 Å². The molecule has 2 heterocycles. The van der Waals surface area contributed by atoms with Crippen molar-refractivity contribution in [2.24, 2.45) is 5.92 Å². The molecule has 1 N–H and O–H groups in total. The number of likely N-dealkylation sites (tertiary alicyclic amines) is 1. The summed E-state index contributed by atoms with van der Waals surface area (Å²) in [6, 6.07) is 16.2. The lowest BCUT2D eigenvalue weighted by Crippen LogP contribution is -2.39. The van der Waals surface area contributed by atoms with Crippen LogP contribution in [0.15, 0.2) is 48.5 Å². The molecule has 0 unspecified atom stereocenters. The lowest BCUT2D eigenvalue weighted by Gasteiger charge is -2.30. The van der Waals surface area contributed by atoms with E-state index in [9.17, 15) is 9.90 Å². The molecule has 0 saturated carbocycles. The van der Waals surface area contributed by atoms with Gasteiger partial charge < -0.3 is 10.0 Å². The van der Waals surface area contributed by atoms with Crippen LogP contribution in [0.4, 0.5) is 0 Å². The molecule has 5 rings (SSSR count). The number of thiophene rings is 1. The summed E-state index contributed by atoms with van der Waals surface area (Å²) in [7, 11) is 1.82. The van der Waals surface area contributed by atoms with E-state index in [0.717, 1.165) is 26.3 Å². The first-order valence-corrected chi connectivity index (χ1v) is 9.03. The van der Waals surface area contributed by atoms with Crippen molar-refractivity contribution in [3.8, 4) is 11.1 Å². The van der Waals surface area contributed by atoms with Crippen LogP contribution in [0.5, 0.6) is 0 Å². The van der Waals surface area contributed by atoms with Crippen molar-refractivity contribution in [3.05, 3.63) is 59.0 Å². The van der Waals surface area contributed by atoms with Crippen molar-refractivity contribution < 1.29 is 9.90 Å². The number of benzene rings is 2. The summed E-state index contributed by atoms with van der Waals surface area (Å²) in [4.78, 5) is 15.4. The maximum absolute atomic E-state index is 12.7. The van der Waals surface area contributed by atoms with Gasteiger partial charge in [0, 0.05) is 29.2 Å². The molecule has 3 aromatic rings. The average molecular weight is 335 g/mol. The standard InChI is InChI=1S/C20H17NO2S/c1-21-11-10-15(19(21)22)20(23)14-8-4-2-6-12(14)17-13-7-3-5-9-16(13)24-18(17)20/h2-9,15,23H,10-11H2,1H3/t15-,20-/m0/s1. The van der Waals surface area contributed by atoms with Crippen LogP contribution in [0.1, 0.15) is 16.9 Å². The Kier molecular flexibility index (Phi) is 2.77. The van der Waals surface area contributed by atoms with Gasteiger partial charge in [0.05, 0.1) is 10.8 Å². The molecule has 24 heavy (non-hydrogen) atoms. The van der Waals surface area contributed by atoms with Gasteiger partial charge in [0.25, 0.3) is 0 Å². The van der Waals surface area contributed by atoms with E-state index in [0.29, 0.717) is 13.0 Å². The van der Waals surface area contributed by atoms with Crippen molar-refractivity contribution in [2.75, 3.05) is 13.6 Å². The van der Waals surface area contributed by atoms with Crippen molar-refractivity contribution in [1.82, 2.24) is 4.90 Å². The van der Waals surface area contributed by atoms with Crippen LogP contribution in [-0.2, 0) is 10.4 Å². The Hall–Kier alpha value is -2.17. The zero-order valence-corrected chi connectivity index (χ0v) is 14.1. The van der Waals surface area contributed by atoms with Gasteiger partial charge in [0.15, 0.2) is 0 Å². The Labute approximate surface area is 144 Å². The van der Waals surface area contributed by atoms with E-state index in [4.69, 9.17) is 0 Å². The summed E-state index contributed by atoms with van der Waals surface area (Å²) in [6.07, 6.45) is 0.688. The minimum atomic E-state index is -1.21. The molecule has 1 saturated heterocycles. The van der Waals surface area contributed by atoms with E-state index in [1.807, 2.05) is 37.4 Å². The summed E-state index contributed by atoms with van der Waals surface area (Å²) in [5, 5.41) is 13.0. The van der Waals surface area contributed by atoms with E-state index in [1.54, 1.807) is 16.2 Å². The van der Waals surface area contributed by atoms with Crippen molar-refractivity contribution in [3.63, 3.8) is 0 Å². The molecule has 3 nitrogen and oxygen atoms in total. The minimum absolute atomic E-state index is 0.0395. The number of nitrogens with zero attached hydrogens (tertiary/aromatic N) is 1. The van der Waals surface area contributed by atoms with Crippen LogP contribution in [0, 0.1) is 5.92 Å². The molecule has 1 aliphatic heterocycles. The number of rotatable bonds is 1. The topological polar surface area (TPSA) is 40.5 Å². The minimum Gasteiger partial charge on any atom is -0.379 e. The normalized spacial score (nSPS) is 25.3. The highest BCUT2D eigenvalue weighted by Gasteiger charge is 2.54. The molecule has 0 bridgehead atoms. The van der Waals surface area contributed by atoms with E-state index in [-0.39, 0.29) is 5.91 Å². The summed E-state index contributed by atoms with van der Waals surface area (Å²) in [5.74, 6) is -0.365. The van der Waals surface area contributed by atoms with Crippen molar-refractivity contribution in [2.45, 2.75) is 12.0 Å². The van der Waals surface area contributed by atoms with Gasteiger partial charge in [-0.25, -0.2) is 0 Å². The number of hydrogen-bond acceptors (Lipinski definition) is 3. The Bertz CT molecular complexity index is 992. The Morgan fingerprint density at radius 1 is 1.17 bits per heavy atom. The summed E-state index contributed by atoms with van der Waals surface area (Å²) >= 11 is 1.62. The van der Waals surface area contributed by atoms with Crippen molar-refractivity contribution in [1.29, 1.82) is 0 Å². The monoisotopic (exact) mass is 335 g/mol. The van der Waals surface area contributed by atoms with E-state index >= 15 is 0 Å². The average Bonchev–Trinajstić information content (AvgIpc) is 3.22. The molecule has 1 aliphatic carbocycles. The van der Waals surface area contributed by atoms with Crippen LogP contribution >= 0.6 is 11.3 Å². The highest BCUT2D eigenvalue weighted by Crippen LogP contribution is 2.58. The first-order chi connectivity index (χ1) is 11.6. The van der Waals surface area contributed by atoms with Gasteiger partial charge in [-0.1, -0.05) is 42.5 Å². The molecule has 4 heteroatoms. The van der Waals surface area contributed by atoms with Crippen LogP contribution in [0.25, 0.3) is 21.2 Å². The highest BCUT2D eigenvalue weighted by atomic mass is 32.1. The third-order valence-corrected chi connectivity index (χ3v) is 6.78. The van der Waals surface area contributed by atoms with Gasteiger partial charge in [0.2, 0.25) is 5.91 Å². The fourth-order valence-electron chi connectivity index (χ4n) is 4.29. The van der Waals surface area contributed by atoms with E-state index in [1.165, 1.54) is 5.39 Å². The molecule has 1 amide bonds. The maximum Gasteiger partial charge on any atom is 0.229 e. The first kappa shape index (κ1) is 14.2. The number of aliphatic hydroxyl groups is 1. The molecule has 2 aliphatic rings. The fraction of sp³-hybridized carbons (Fsp3) is 0.250. The lowest BCUT2D eigenvalue weighted by atomic mass is 9.81. The molecular formula is C20H17NO2S. The lowest BCUT2D eigenvalue weighted by molar-refractivity contribution is -0.135. The summed E-state index contributed by atoms with van der Waals surface area (Å²) < 4.78 is 1.16. The smallest absolute Gasteiger partial charge is 0.229 e. The predicted octanol–water partition coefficient (Wildman–Crippen LogP) is 3.60. The van der Waals surface area contributed by atoms with Gasteiger partial charge in [-0.15, -0.1) is 11.3 Å². The van der Waals surface area contributed by atoms with Gasteiger partial charge in [-0.2, -0.15) is 0 Å². The van der Waals surface area contributed by atoms with Gasteiger partial charge in [-0.3, -0.25) is 4.79 Å². The molecular weight excluding hydrogens is 318 g/mol. The van der Waals surface area contributed by atoms with E-state index < -0.39 is 11.5 Å². The van der Waals surface area contributed by atoms with Gasteiger partial charge >= 0.3 is 0 Å². The second kappa shape index (κ2) is 4.68. The summed E-state index contributed by atoms with van der Waals surface area (Å²) in [5.41, 5.74) is 1.84. The van der Waals surface area contributed by atoms with Gasteiger partial charge in [0.1, 0.15) is 5.60 Å². The molecule has 1 aromatic heterocycles. The number of amides is 1. The largest absolute Gasteiger partial charge is 0.379 e. The number of fused-ring (bicyclic) bond motifs is 5. The Morgan fingerprint density at radius 3 is 2.71 bits per heavy atom. The highest BCUT2D eigenvalue weighted by molar-refractivity contribution is 7.20. The molecule has 0 spiro atoms. The first-order valence-electron chi connectivity index (χ1n) is 8.21. The molecule has 2 aromatic carbocycles. The zero-order chi connectivity index (χ0) is 16.5. The Balaban J connectivity index is 1.85. The molecule has 0 radical (unpaired) electrons. The molecule has 1 fully saturated rings. The van der Waals surface area contributed by atoms with Gasteiger partial charge in [-0.05, 0) is 23.6 Å². The number of carbonyl (C=O) groups excluding carboxylic acids is 1. The van der Waals surface area contributed by atoms with Crippen LogP contribution in [-0.4, -0.2) is 29.5 Å². The second-order valence-electron chi connectivity index (χ2n) is 6.72. The van der Waals surface area contributed by atoms with Crippen molar-refractivity contribution >= 4 is 27.3 Å². The maximum atomic E-state index is 12.7. The number of hydrogen-bond donors (Lipinski definition) is 1. The number of carbonyl (C=O) groups is 1.